The molecule has 20 heavy (non-hydrogen) atoms. The van der Waals surface area contributed by atoms with Crippen LogP contribution in [-0.2, 0) is 14.8 Å². The highest BCUT2D eigenvalue weighted by molar-refractivity contribution is 7.90. The van der Waals surface area contributed by atoms with Gasteiger partial charge < -0.3 is 10.1 Å². The number of hydrogen-bond donors (Lipinski definition) is 2. The Kier molecular flexibility index (Phi) is 4.61. The largest absolute Gasteiger partial charge is 0.376 e. The van der Waals surface area contributed by atoms with E-state index in [1.54, 1.807) is 12.1 Å². The molecule has 1 heterocycles. The number of carbonyl (C=O) groups excluding carboxylic acids is 1. The maximum Gasteiger partial charge on any atom is 0.328 e. The molecule has 1 aliphatic rings. The van der Waals surface area contributed by atoms with Crippen LogP contribution in [0.4, 0.5) is 4.79 Å². The topological polar surface area (TPSA) is 84.5 Å². The van der Waals surface area contributed by atoms with Gasteiger partial charge in [-0.1, -0.05) is 17.7 Å². The summed E-state index contributed by atoms with van der Waals surface area (Å²) in [6.07, 6.45) is 1.82. The number of amides is 2. The Morgan fingerprint density at radius 3 is 2.65 bits per heavy atom. The van der Waals surface area contributed by atoms with Crippen molar-refractivity contribution in [3.8, 4) is 0 Å². The smallest absolute Gasteiger partial charge is 0.328 e. The van der Waals surface area contributed by atoms with Crippen LogP contribution in [0.5, 0.6) is 0 Å². The Bertz CT molecular complexity index is 563. The molecule has 0 radical (unpaired) electrons. The molecule has 1 aromatic carbocycles. The molecule has 0 bridgehead atoms. The number of urea groups is 1. The van der Waals surface area contributed by atoms with Gasteiger partial charge in [-0.25, -0.2) is 17.9 Å². The summed E-state index contributed by atoms with van der Waals surface area (Å²) in [6.45, 7) is 2.86. The Balaban J connectivity index is 1.90. The van der Waals surface area contributed by atoms with Gasteiger partial charge in [-0.05, 0) is 31.9 Å². The van der Waals surface area contributed by atoms with Gasteiger partial charge in [0.1, 0.15) is 0 Å². The van der Waals surface area contributed by atoms with Gasteiger partial charge >= 0.3 is 6.03 Å². The minimum Gasteiger partial charge on any atom is -0.376 e. The minimum absolute atomic E-state index is 0.0252. The zero-order valence-electron chi connectivity index (χ0n) is 11.3. The number of ether oxygens (including phenoxy) is 1. The maximum absolute atomic E-state index is 11.9. The van der Waals surface area contributed by atoms with E-state index >= 15 is 0 Å². The SMILES string of the molecule is Cc1ccc(S(=O)(=O)NC(=O)NC[C@H]2CCCO2)cc1. The normalized spacial score (nSPS) is 18.8. The highest BCUT2D eigenvalue weighted by atomic mass is 32.2. The van der Waals surface area contributed by atoms with Crippen LogP contribution in [0.15, 0.2) is 29.2 Å². The van der Waals surface area contributed by atoms with Crippen molar-refractivity contribution in [3.63, 3.8) is 0 Å². The van der Waals surface area contributed by atoms with E-state index in [-0.39, 0.29) is 11.0 Å². The molecule has 6 nitrogen and oxygen atoms in total. The second-order valence-corrected chi connectivity index (χ2v) is 6.45. The Morgan fingerprint density at radius 1 is 1.35 bits per heavy atom. The Hall–Kier alpha value is -1.60. The molecule has 2 rings (SSSR count). The summed E-state index contributed by atoms with van der Waals surface area (Å²) < 4.78 is 31.2. The molecule has 1 aliphatic heterocycles. The molecule has 110 valence electrons. The third-order valence-electron chi connectivity index (χ3n) is 3.07. The molecule has 1 saturated heterocycles. The standard InChI is InChI=1S/C13H18N2O4S/c1-10-4-6-12(7-5-10)20(17,18)15-13(16)14-9-11-3-2-8-19-11/h4-7,11H,2-3,8-9H2,1H3,(H2,14,15,16)/t11-/m1/s1. The molecule has 0 aromatic heterocycles. The number of rotatable bonds is 4. The van der Waals surface area contributed by atoms with Gasteiger partial charge in [0, 0.05) is 13.2 Å². The summed E-state index contributed by atoms with van der Waals surface area (Å²) in [7, 11) is -3.82. The van der Waals surface area contributed by atoms with Crippen LogP contribution in [-0.4, -0.2) is 33.7 Å². The van der Waals surface area contributed by atoms with Crippen molar-refractivity contribution in [2.24, 2.45) is 0 Å². The lowest BCUT2D eigenvalue weighted by Gasteiger charge is -2.12. The van der Waals surface area contributed by atoms with Crippen molar-refractivity contribution in [2.45, 2.75) is 30.8 Å². The molecule has 2 amide bonds. The molecule has 0 aliphatic carbocycles. The van der Waals surface area contributed by atoms with E-state index in [4.69, 9.17) is 4.74 Å². The van der Waals surface area contributed by atoms with Crippen LogP contribution < -0.4 is 10.0 Å². The Labute approximate surface area is 118 Å². The number of benzene rings is 1. The van der Waals surface area contributed by atoms with Crippen LogP contribution in [0.1, 0.15) is 18.4 Å². The zero-order valence-corrected chi connectivity index (χ0v) is 12.1. The van der Waals surface area contributed by atoms with Gasteiger partial charge in [-0.15, -0.1) is 0 Å². The zero-order chi connectivity index (χ0) is 14.6. The molecular formula is C13H18N2O4S. The molecular weight excluding hydrogens is 280 g/mol. The first-order chi connectivity index (χ1) is 9.47. The molecule has 0 unspecified atom stereocenters. The average molecular weight is 298 g/mol. The highest BCUT2D eigenvalue weighted by Crippen LogP contribution is 2.11. The quantitative estimate of drug-likeness (QED) is 0.873. The van der Waals surface area contributed by atoms with Gasteiger partial charge in [0.15, 0.2) is 0 Å². The lowest BCUT2D eigenvalue weighted by molar-refractivity contribution is 0.111. The Morgan fingerprint density at radius 2 is 2.05 bits per heavy atom. The summed E-state index contributed by atoms with van der Waals surface area (Å²) >= 11 is 0. The first-order valence-corrected chi connectivity index (χ1v) is 7.94. The third-order valence-corrected chi connectivity index (χ3v) is 4.42. The second kappa shape index (κ2) is 6.23. The average Bonchev–Trinajstić information content (AvgIpc) is 2.89. The molecule has 0 spiro atoms. The molecule has 1 fully saturated rings. The van der Waals surface area contributed by atoms with Crippen LogP contribution >= 0.6 is 0 Å². The summed E-state index contributed by atoms with van der Waals surface area (Å²) in [5.74, 6) is 0. The summed E-state index contributed by atoms with van der Waals surface area (Å²) in [5, 5.41) is 2.51. The van der Waals surface area contributed by atoms with Crippen molar-refractivity contribution >= 4 is 16.1 Å². The van der Waals surface area contributed by atoms with Crippen LogP contribution in [0.25, 0.3) is 0 Å². The second-order valence-electron chi connectivity index (χ2n) is 4.76. The predicted octanol–water partition coefficient (Wildman–Crippen LogP) is 1.16. The lowest BCUT2D eigenvalue weighted by Crippen LogP contribution is -2.42. The van der Waals surface area contributed by atoms with E-state index < -0.39 is 16.1 Å². The fraction of sp³-hybridized carbons (Fsp3) is 0.462. The van der Waals surface area contributed by atoms with E-state index in [0.717, 1.165) is 18.4 Å². The highest BCUT2D eigenvalue weighted by Gasteiger charge is 2.20. The first-order valence-electron chi connectivity index (χ1n) is 6.46. The molecule has 0 saturated carbocycles. The van der Waals surface area contributed by atoms with Crippen molar-refractivity contribution < 1.29 is 17.9 Å². The fourth-order valence-corrected chi connectivity index (χ4v) is 2.87. The summed E-state index contributed by atoms with van der Waals surface area (Å²) in [5.41, 5.74) is 0.951. The maximum atomic E-state index is 11.9. The molecule has 2 N–H and O–H groups in total. The predicted molar refractivity (Wildman–Crippen MR) is 73.9 cm³/mol. The van der Waals surface area contributed by atoms with E-state index in [2.05, 4.69) is 5.32 Å². The van der Waals surface area contributed by atoms with Crippen LogP contribution in [0, 0.1) is 6.92 Å². The number of sulfonamides is 1. The lowest BCUT2D eigenvalue weighted by atomic mass is 10.2. The van der Waals surface area contributed by atoms with Gasteiger partial charge in [0.25, 0.3) is 10.0 Å². The van der Waals surface area contributed by atoms with Gasteiger partial charge in [-0.2, -0.15) is 0 Å². The molecule has 7 heteroatoms. The fourth-order valence-electron chi connectivity index (χ4n) is 1.95. The number of hydrogen-bond acceptors (Lipinski definition) is 4. The van der Waals surface area contributed by atoms with E-state index in [1.165, 1.54) is 12.1 Å². The van der Waals surface area contributed by atoms with Crippen molar-refractivity contribution in [1.29, 1.82) is 0 Å². The number of nitrogens with one attached hydrogen (secondary N) is 2. The summed E-state index contributed by atoms with van der Waals surface area (Å²) in [4.78, 5) is 11.7. The van der Waals surface area contributed by atoms with Crippen molar-refractivity contribution in [1.82, 2.24) is 10.0 Å². The van der Waals surface area contributed by atoms with Crippen molar-refractivity contribution in [3.05, 3.63) is 29.8 Å². The van der Waals surface area contributed by atoms with Crippen LogP contribution in [0.3, 0.4) is 0 Å². The van der Waals surface area contributed by atoms with Crippen LogP contribution in [0.2, 0.25) is 0 Å². The van der Waals surface area contributed by atoms with Crippen molar-refractivity contribution in [2.75, 3.05) is 13.2 Å². The summed E-state index contributed by atoms with van der Waals surface area (Å²) in [6, 6.07) is 5.55. The number of aryl methyl sites for hydroxylation is 1. The third kappa shape index (κ3) is 3.94. The molecule has 1 aromatic rings. The van der Waals surface area contributed by atoms with E-state index in [1.807, 2.05) is 11.6 Å². The molecule has 1 atom stereocenters. The van der Waals surface area contributed by atoms with Gasteiger partial charge in [-0.3, -0.25) is 0 Å². The van der Waals surface area contributed by atoms with Gasteiger partial charge in [0.2, 0.25) is 0 Å². The van der Waals surface area contributed by atoms with E-state index in [0.29, 0.717) is 13.2 Å². The monoisotopic (exact) mass is 298 g/mol. The van der Waals surface area contributed by atoms with E-state index in [9.17, 15) is 13.2 Å². The minimum atomic E-state index is -3.82. The first kappa shape index (κ1) is 14.8. The number of carbonyl (C=O) groups is 1. The van der Waals surface area contributed by atoms with Gasteiger partial charge in [0.05, 0.1) is 11.0 Å².